The molecule has 4 rings (SSSR count). The first-order valence-corrected chi connectivity index (χ1v) is 11.7. The number of morpholine rings is 1. The number of halogens is 3. The molecule has 0 bridgehead atoms. The van der Waals surface area contributed by atoms with Crippen LogP contribution in [0.4, 0.5) is 18.9 Å². The fourth-order valence-corrected chi connectivity index (χ4v) is 4.51. The normalized spacial score (nSPS) is 18.8. The summed E-state index contributed by atoms with van der Waals surface area (Å²) < 4.78 is 45.0. The van der Waals surface area contributed by atoms with Gasteiger partial charge in [0.25, 0.3) is 0 Å². The van der Waals surface area contributed by atoms with Gasteiger partial charge in [-0.1, -0.05) is 42.5 Å². The van der Waals surface area contributed by atoms with E-state index in [4.69, 9.17) is 4.74 Å². The van der Waals surface area contributed by atoms with Crippen molar-refractivity contribution in [3.8, 4) is 0 Å². The summed E-state index contributed by atoms with van der Waals surface area (Å²) >= 11 is 0. The maximum absolute atomic E-state index is 13.4. The second-order valence-corrected chi connectivity index (χ2v) is 8.65. The number of para-hydroxylation sites is 1. The van der Waals surface area contributed by atoms with E-state index in [9.17, 15) is 22.8 Å². The van der Waals surface area contributed by atoms with E-state index in [1.807, 2.05) is 40.1 Å². The van der Waals surface area contributed by atoms with Crippen molar-refractivity contribution in [1.29, 1.82) is 0 Å². The summed E-state index contributed by atoms with van der Waals surface area (Å²) in [5, 5.41) is 2.40. The first kappa shape index (κ1) is 25.2. The zero-order valence-corrected chi connectivity index (χ0v) is 19.3. The fraction of sp³-hybridized carbons (Fsp3) is 0.440. The summed E-state index contributed by atoms with van der Waals surface area (Å²) in [6.07, 6.45) is -4.55. The average molecular weight is 491 g/mol. The largest absolute Gasteiger partial charge is 0.418 e. The van der Waals surface area contributed by atoms with Crippen molar-refractivity contribution >= 4 is 17.5 Å². The molecule has 1 N–H and O–H groups in total. The predicted molar refractivity (Wildman–Crippen MR) is 125 cm³/mol. The number of amides is 2. The van der Waals surface area contributed by atoms with Crippen molar-refractivity contribution in [1.82, 2.24) is 14.7 Å². The third-order valence-electron chi connectivity index (χ3n) is 6.32. The van der Waals surface area contributed by atoms with Gasteiger partial charge in [0.1, 0.15) is 6.04 Å². The first-order valence-electron chi connectivity index (χ1n) is 11.7. The highest BCUT2D eigenvalue weighted by Gasteiger charge is 2.35. The number of rotatable bonds is 6. The molecule has 2 fully saturated rings. The summed E-state index contributed by atoms with van der Waals surface area (Å²) in [4.78, 5) is 31.8. The predicted octanol–water partition coefficient (Wildman–Crippen LogP) is 2.86. The maximum atomic E-state index is 13.4. The van der Waals surface area contributed by atoms with E-state index in [1.54, 1.807) is 0 Å². The van der Waals surface area contributed by atoms with Crippen LogP contribution in [0.2, 0.25) is 0 Å². The van der Waals surface area contributed by atoms with Crippen LogP contribution >= 0.6 is 0 Å². The van der Waals surface area contributed by atoms with Gasteiger partial charge in [0.05, 0.1) is 31.0 Å². The number of nitrogens with one attached hydrogen (secondary N) is 1. The molecule has 2 aliphatic rings. The lowest BCUT2D eigenvalue weighted by atomic mass is 10.0. The van der Waals surface area contributed by atoms with Crippen molar-refractivity contribution in [2.75, 3.05) is 64.3 Å². The molecule has 2 heterocycles. The van der Waals surface area contributed by atoms with Crippen LogP contribution < -0.4 is 5.32 Å². The van der Waals surface area contributed by atoms with E-state index in [2.05, 4.69) is 10.2 Å². The molecule has 2 amide bonds. The lowest BCUT2D eigenvalue weighted by Crippen LogP contribution is -2.53. The molecule has 1 atom stereocenters. The highest BCUT2D eigenvalue weighted by molar-refractivity contribution is 5.93. The van der Waals surface area contributed by atoms with Crippen molar-refractivity contribution < 1.29 is 27.5 Å². The monoisotopic (exact) mass is 490 g/mol. The van der Waals surface area contributed by atoms with Crippen LogP contribution in [0, 0.1) is 0 Å². The van der Waals surface area contributed by atoms with Gasteiger partial charge in [-0.2, -0.15) is 13.2 Å². The molecule has 35 heavy (non-hydrogen) atoms. The molecular weight excluding hydrogens is 461 g/mol. The number of carbonyl (C=O) groups is 2. The number of hydrogen-bond acceptors (Lipinski definition) is 5. The fourth-order valence-electron chi connectivity index (χ4n) is 4.51. The van der Waals surface area contributed by atoms with Crippen LogP contribution in [-0.2, 0) is 20.5 Å². The molecule has 0 spiro atoms. The van der Waals surface area contributed by atoms with Crippen molar-refractivity contribution in [3.05, 3.63) is 65.7 Å². The Labute approximate surface area is 202 Å². The number of piperazine rings is 1. The number of carbonyl (C=O) groups excluding carboxylic acids is 2. The van der Waals surface area contributed by atoms with E-state index >= 15 is 0 Å². The Balaban J connectivity index is 1.37. The molecule has 0 saturated carbocycles. The smallest absolute Gasteiger partial charge is 0.378 e. The van der Waals surface area contributed by atoms with Gasteiger partial charge in [-0.3, -0.25) is 19.4 Å². The highest BCUT2D eigenvalue weighted by atomic mass is 19.4. The van der Waals surface area contributed by atoms with Crippen molar-refractivity contribution in [2.24, 2.45) is 0 Å². The van der Waals surface area contributed by atoms with Crippen molar-refractivity contribution in [3.63, 3.8) is 0 Å². The van der Waals surface area contributed by atoms with E-state index in [-0.39, 0.29) is 18.1 Å². The second kappa shape index (κ2) is 11.2. The van der Waals surface area contributed by atoms with Crippen LogP contribution in [0.5, 0.6) is 0 Å². The number of benzene rings is 2. The number of alkyl halides is 3. The minimum Gasteiger partial charge on any atom is -0.378 e. The first-order chi connectivity index (χ1) is 16.8. The topological polar surface area (TPSA) is 65.1 Å². The van der Waals surface area contributed by atoms with Gasteiger partial charge in [0.2, 0.25) is 11.8 Å². The maximum Gasteiger partial charge on any atom is 0.418 e. The molecule has 2 aliphatic heterocycles. The van der Waals surface area contributed by atoms with Gasteiger partial charge < -0.3 is 15.0 Å². The third kappa shape index (κ3) is 6.39. The number of nitrogens with zero attached hydrogens (tertiary/aromatic N) is 3. The highest BCUT2D eigenvalue weighted by Crippen LogP contribution is 2.34. The van der Waals surface area contributed by atoms with Crippen LogP contribution in [0.15, 0.2) is 54.6 Å². The van der Waals surface area contributed by atoms with E-state index < -0.39 is 23.7 Å². The zero-order valence-electron chi connectivity index (χ0n) is 19.3. The molecule has 7 nitrogen and oxygen atoms in total. The van der Waals surface area contributed by atoms with E-state index in [0.717, 1.165) is 11.6 Å². The number of anilines is 1. The summed E-state index contributed by atoms with van der Waals surface area (Å²) in [7, 11) is 0. The van der Waals surface area contributed by atoms with Crippen LogP contribution in [0.25, 0.3) is 0 Å². The summed E-state index contributed by atoms with van der Waals surface area (Å²) in [5.74, 6) is -0.464. The molecule has 0 aromatic heterocycles. The van der Waals surface area contributed by atoms with Crippen molar-refractivity contribution in [2.45, 2.75) is 12.2 Å². The molecule has 2 saturated heterocycles. The Bertz CT molecular complexity index is 1000. The molecule has 0 unspecified atom stereocenters. The molecular formula is C25H29F3N4O3. The Morgan fingerprint density at radius 1 is 0.886 bits per heavy atom. The molecule has 2 aromatic rings. The van der Waals surface area contributed by atoms with Gasteiger partial charge in [0, 0.05) is 39.3 Å². The minimum absolute atomic E-state index is 0.0204. The molecule has 2 aromatic carbocycles. The molecule has 188 valence electrons. The van der Waals surface area contributed by atoms with Gasteiger partial charge in [-0.15, -0.1) is 0 Å². The summed E-state index contributed by atoms with van der Waals surface area (Å²) in [6, 6.07) is 14.1. The van der Waals surface area contributed by atoms with Crippen LogP contribution in [-0.4, -0.2) is 85.5 Å². The molecule has 10 heteroatoms. The van der Waals surface area contributed by atoms with Gasteiger partial charge in [-0.05, 0) is 17.7 Å². The Morgan fingerprint density at radius 3 is 2.17 bits per heavy atom. The minimum atomic E-state index is -4.55. The van der Waals surface area contributed by atoms with Gasteiger partial charge in [0.15, 0.2) is 0 Å². The van der Waals surface area contributed by atoms with E-state index in [1.165, 1.54) is 18.2 Å². The Morgan fingerprint density at radius 2 is 1.51 bits per heavy atom. The molecule has 0 aliphatic carbocycles. The van der Waals surface area contributed by atoms with Gasteiger partial charge >= 0.3 is 6.18 Å². The number of ether oxygens (including phenoxy) is 1. The summed E-state index contributed by atoms with van der Waals surface area (Å²) in [6.45, 7) is 4.30. The van der Waals surface area contributed by atoms with Crippen LogP contribution in [0.3, 0.4) is 0 Å². The standard InChI is InChI=1S/C25H29F3N4O3/c26-25(27,28)20-8-4-5-9-21(20)29-22(33)18-30-10-12-31(13-11-30)23(19-6-2-1-3-7-19)24(34)32-14-16-35-17-15-32/h1-9,23H,10-18H2,(H,29,33)/t23-/m0/s1. The lowest BCUT2D eigenvalue weighted by molar-refractivity contribution is -0.142. The van der Waals surface area contributed by atoms with E-state index in [0.29, 0.717) is 52.5 Å². The average Bonchev–Trinajstić information content (AvgIpc) is 2.86. The summed E-state index contributed by atoms with van der Waals surface area (Å²) in [5.41, 5.74) is -0.201. The quantitative estimate of drug-likeness (QED) is 0.675. The Hall–Kier alpha value is -2.95. The Kier molecular flexibility index (Phi) is 8.04. The number of hydrogen-bond donors (Lipinski definition) is 1. The SMILES string of the molecule is O=C(CN1CCN([C@H](C(=O)N2CCOCC2)c2ccccc2)CC1)Nc1ccccc1C(F)(F)F. The van der Waals surface area contributed by atoms with Gasteiger partial charge in [-0.25, -0.2) is 0 Å². The third-order valence-corrected chi connectivity index (χ3v) is 6.32. The van der Waals surface area contributed by atoms with Crippen LogP contribution in [0.1, 0.15) is 17.2 Å². The zero-order chi connectivity index (χ0) is 24.8. The second-order valence-electron chi connectivity index (χ2n) is 8.65. The molecule has 0 radical (unpaired) electrons. The lowest BCUT2D eigenvalue weighted by Gasteiger charge is -2.40.